The van der Waals surface area contributed by atoms with Crippen LogP contribution in [0.4, 0.5) is 21.7 Å². The number of fused-ring (bicyclic) bond motifs is 1. The lowest BCUT2D eigenvalue weighted by molar-refractivity contribution is 0.100. The molecule has 3 aromatic heterocycles. The second-order valence-corrected chi connectivity index (χ2v) is 6.95. The number of carbonyl (C=O) groups excluding carboxylic acids is 1. The van der Waals surface area contributed by atoms with Crippen LogP contribution in [0.15, 0.2) is 18.3 Å². The molecular formula is C19H25FN8O2. The summed E-state index contributed by atoms with van der Waals surface area (Å²) in [5, 5.41) is 10.9. The molecule has 2 atom stereocenters. The van der Waals surface area contributed by atoms with Crippen LogP contribution in [0, 0.1) is 5.82 Å². The van der Waals surface area contributed by atoms with Gasteiger partial charge < -0.3 is 26.8 Å². The maximum Gasteiger partial charge on any atom is 0.252 e. The Morgan fingerprint density at radius 1 is 1.37 bits per heavy atom. The van der Waals surface area contributed by atoms with Gasteiger partial charge >= 0.3 is 0 Å². The van der Waals surface area contributed by atoms with E-state index in [-0.39, 0.29) is 29.3 Å². The zero-order valence-corrected chi connectivity index (χ0v) is 17.2. The summed E-state index contributed by atoms with van der Waals surface area (Å²) < 4.78 is 21.4. The molecule has 3 heterocycles. The molecule has 0 fully saturated rings. The fraction of sp³-hybridized carbons (Fsp3) is 0.368. The van der Waals surface area contributed by atoms with E-state index in [4.69, 9.17) is 16.2 Å². The van der Waals surface area contributed by atoms with Crippen LogP contribution in [-0.4, -0.2) is 44.8 Å². The summed E-state index contributed by atoms with van der Waals surface area (Å²) in [5.41, 5.74) is 12.4. The first-order valence-electron chi connectivity index (χ1n) is 9.41. The molecule has 0 aliphatic rings. The van der Waals surface area contributed by atoms with Gasteiger partial charge in [0.15, 0.2) is 17.3 Å². The second-order valence-electron chi connectivity index (χ2n) is 6.95. The molecule has 6 N–H and O–H groups in total. The van der Waals surface area contributed by atoms with Crippen molar-refractivity contribution in [2.24, 2.45) is 18.5 Å². The Bertz CT molecular complexity index is 1080. The maximum atomic E-state index is 14.6. The van der Waals surface area contributed by atoms with Crippen LogP contribution in [0.2, 0.25) is 0 Å². The standard InChI is InChI=1S/C19H25FN8O2/c1-5-14(9(2)21)25-17-13(20)7-11(15(22)29)16(26-17)24-10-6-12-18(23-8-10)28(3)27-19(12)30-4/h6-9,14H,5,21H2,1-4H3,(H2,22,29)(H2,24,25,26)/t9-,14+/m0/s1. The van der Waals surface area contributed by atoms with Gasteiger partial charge in [0.1, 0.15) is 5.82 Å². The zero-order chi connectivity index (χ0) is 22.0. The Morgan fingerprint density at radius 3 is 2.70 bits per heavy atom. The van der Waals surface area contributed by atoms with E-state index >= 15 is 0 Å². The summed E-state index contributed by atoms with van der Waals surface area (Å²) >= 11 is 0. The molecule has 0 spiro atoms. The van der Waals surface area contributed by atoms with Crippen molar-refractivity contribution in [2.75, 3.05) is 17.7 Å². The third-order valence-electron chi connectivity index (χ3n) is 4.74. The average molecular weight is 416 g/mol. The summed E-state index contributed by atoms with van der Waals surface area (Å²) in [6, 6.07) is 2.36. The first kappa shape index (κ1) is 21.2. The number of carbonyl (C=O) groups is 1. The van der Waals surface area contributed by atoms with Crippen LogP contribution in [-0.2, 0) is 7.05 Å². The number of aromatic nitrogens is 4. The van der Waals surface area contributed by atoms with Crippen molar-refractivity contribution in [3.05, 3.63) is 29.7 Å². The van der Waals surface area contributed by atoms with Crippen LogP contribution in [0.1, 0.15) is 30.6 Å². The fourth-order valence-corrected chi connectivity index (χ4v) is 3.12. The van der Waals surface area contributed by atoms with Crippen molar-refractivity contribution in [3.8, 4) is 5.88 Å². The molecule has 3 rings (SSSR count). The Balaban J connectivity index is 2.02. The number of pyridine rings is 2. The van der Waals surface area contributed by atoms with Crippen molar-refractivity contribution in [3.63, 3.8) is 0 Å². The van der Waals surface area contributed by atoms with Crippen molar-refractivity contribution in [1.29, 1.82) is 0 Å². The maximum absolute atomic E-state index is 14.6. The molecule has 0 saturated carbocycles. The number of hydrogen-bond donors (Lipinski definition) is 4. The lowest BCUT2D eigenvalue weighted by atomic mass is 10.1. The molecule has 30 heavy (non-hydrogen) atoms. The van der Waals surface area contributed by atoms with Gasteiger partial charge in [-0.15, -0.1) is 5.10 Å². The highest BCUT2D eigenvalue weighted by Gasteiger charge is 2.20. The van der Waals surface area contributed by atoms with Crippen LogP contribution in [0.3, 0.4) is 0 Å². The van der Waals surface area contributed by atoms with Crippen LogP contribution in [0.5, 0.6) is 5.88 Å². The Morgan fingerprint density at radius 2 is 2.10 bits per heavy atom. The zero-order valence-electron chi connectivity index (χ0n) is 17.2. The molecule has 0 unspecified atom stereocenters. The van der Waals surface area contributed by atoms with E-state index in [1.807, 2.05) is 13.8 Å². The third-order valence-corrected chi connectivity index (χ3v) is 4.74. The van der Waals surface area contributed by atoms with E-state index in [1.54, 1.807) is 24.0 Å². The number of halogens is 1. The minimum absolute atomic E-state index is 0.0281. The predicted octanol–water partition coefficient (Wildman–Crippen LogP) is 1.89. The van der Waals surface area contributed by atoms with E-state index in [9.17, 15) is 9.18 Å². The molecule has 0 aromatic carbocycles. The number of methoxy groups -OCH3 is 1. The number of nitrogens with one attached hydrogen (secondary N) is 2. The van der Waals surface area contributed by atoms with Gasteiger partial charge in [-0.3, -0.25) is 4.79 Å². The molecule has 0 radical (unpaired) electrons. The Labute approximate surface area is 172 Å². The SMILES string of the molecule is CC[C@@H](Nc1nc(Nc2cnc3c(c2)c(OC)nn3C)c(C(N)=O)cc1F)[C@H](C)N. The number of nitrogens with two attached hydrogens (primary N) is 2. The van der Waals surface area contributed by atoms with E-state index in [0.717, 1.165) is 6.07 Å². The number of aryl methyl sites for hydroxylation is 1. The molecule has 0 aliphatic carbocycles. The highest BCUT2D eigenvalue weighted by molar-refractivity contribution is 5.99. The monoisotopic (exact) mass is 416 g/mol. The minimum Gasteiger partial charge on any atom is -0.479 e. The Hall–Kier alpha value is -3.47. The summed E-state index contributed by atoms with van der Waals surface area (Å²) in [4.78, 5) is 20.5. The van der Waals surface area contributed by atoms with Crippen LogP contribution >= 0.6 is 0 Å². The highest BCUT2D eigenvalue weighted by Crippen LogP contribution is 2.28. The van der Waals surface area contributed by atoms with Gasteiger partial charge in [-0.1, -0.05) is 6.92 Å². The second kappa shape index (κ2) is 8.49. The summed E-state index contributed by atoms with van der Waals surface area (Å²) in [5.74, 6) is -1.05. The quantitative estimate of drug-likeness (QED) is 0.435. The molecule has 160 valence electrons. The van der Waals surface area contributed by atoms with Gasteiger partial charge in [0.25, 0.3) is 5.91 Å². The number of hydrogen-bond acceptors (Lipinski definition) is 8. The topological polar surface area (TPSA) is 146 Å². The van der Waals surface area contributed by atoms with Gasteiger partial charge in [-0.05, 0) is 25.5 Å². The van der Waals surface area contributed by atoms with Gasteiger partial charge in [-0.2, -0.15) is 0 Å². The van der Waals surface area contributed by atoms with Crippen LogP contribution < -0.4 is 26.8 Å². The first-order valence-corrected chi connectivity index (χ1v) is 9.41. The van der Waals surface area contributed by atoms with E-state index in [2.05, 4.69) is 25.7 Å². The van der Waals surface area contributed by atoms with Gasteiger partial charge in [0, 0.05) is 19.1 Å². The third kappa shape index (κ3) is 4.10. The van der Waals surface area contributed by atoms with Gasteiger partial charge in [0.05, 0.1) is 29.9 Å². The molecule has 3 aromatic rings. The molecule has 1 amide bonds. The van der Waals surface area contributed by atoms with E-state index < -0.39 is 11.7 Å². The molecule has 0 bridgehead atoms. The number of amides is 1. The number of rotatable bonds is 8. The molecule has 11 heteroatoms. The minimum atomic E-state index is -0.817. The number of primary amides is 1. The van der Waals surface area contributed by atoms with E-state index in [1.165, 1.54) is 7.11 Å². The van der Waals surface area contributed by atoms with E-state index in [0.29, 0.717) is 29.0 Å². The summed E-state index contributed by atoms with van der Waals surface area (Å²) in [6.45, 7) is 3.75. The van der Waals surface area contributed by atoms with Crippen molar-refractivity contribution >= 4 is 34.3 Å². The normalized spacial score (nSPS) is 13.1. The molecule has 0 saturated heterocycles. The smallest absolute Gasteiger partial charge is 0.252 e. The highest BCUT2D eigenvalue weighted by atomic mass is 19.1. The molecule has 0 aliphatic heterocycles. The van der Waals surface area contributed by atoms with Gasteiger partial charge in [0.2, 0.25) is 5.88 Å². The summed E-state index contributed by atoms with van der Waals surface area (Å²) in [6.07, 6.45) is 2.21. The first-order chi connectivity index (χ1) is 14.2. The number of ether oxygens (including phenoxy) is 1. The summed E-state index contributed by atoms with van der Waals surface area (Å²) in [7, 11) is 3.26. The number of anilines is 3. The lowest BCUT2D eigenvalue weighted by Gasteiger charge is -2.22. The number of nitrogens with zero attached hydrogens (tertiary/aromatic N) is 4. The Kier molecular flexibility index (Phi) is 6.01. The van der Waals surface area contributed by atoms with Crippen molar-refractivity contribution < 1.29 is 13.9 Å². The van der Waals surface area contributed by atoms with Crippen molar-refractivity contribution in [2.45, 2.75) is 32.4 Å². The average Bonchev–Trinajstić information content (AvgIpc) is 3.02. The lowest BCUT2D eigenvalue weighted by Crippen LogP contribution is -2.38. The van der Waals surface area contributed by atoms with Gasteiger partial charge in [-0.25, -0.2) is 19.0 Å². The molecule has 10 nitrogen and oxygen atoms in total. The fourth-order valence-electron chi connectivity index (χ4n) is 3.12. The van der Waals surface area contributed by atoms with Crippen LogP contribution in [0.25, 0.3) is 11.0 Å². The predicted molar refractivity (Wildman–Crippen MR) is 112 cm³/mol. The van der Waals surface area contributed by atoms with Crippen molar-refractivity contribution in [1.82, 2.24) is 19.7 Å². The molecular weight excluding hydrogens is 391 g/mol. The largest absolute Gasteiger partial charge is 0.479 e.